The average molecular weight is 258 g/mol. The Morgan fingerprint density at radius 1 is 1.21 bits per heavy atom. The van der Waals surface area contributed by atoms with E-state index in [9.17, 15) is 0 Å². The van der Waals surface area contributed by atoms with E-state index in [1.807, 2.05) is 0 Å². The molecule has 1 aromatic carbocycles. The van der Waals surface area contributed by atoms with E-state index in [4.69, 9.17) is 5.73 Å². The first kappa shape index (κ1) is 14.3. The number of hydrogen-bond donors (Lipinski definition) is 1. The maximum absolute atomic E-state index is 5.99. The fraction of sp³-hybridized carbons (Fsp3) is 0.529. The molecule has 0 saturated heterocycles. The highest BCUT2D eigenvalue weighted by Crippen LogP contribution is 2.24. The van der Waals surface area contributed by atoms with Crippen molar-refractivity contribution in [2.45, 2.75) is 44.7 Å². The van der Waals surface area contributed by atoms with Crippen LogP contribution in [0.3, 0.4) is 0 Å². The standard InChI is InChI=1S/C17H26N2/c1-3-19(17-11-9-16(18)10-12-17)13-14(2)15-7-5-4-6-8-15/h4-8,16-17H,2-3,9-13,18H2,1H3. The molecule has 2 nitrogen and oxygen atoms in total. The van der Waals surface area contributed by atoms with Crippen molar-refractivity contribution >= 4 is 5.57 Å². The molecule has 19 heavy (non-hydrogen) atoms. The number of likely N-dealkylation sites (N-methyl/N-ethyl adjacent to an activating group) is 1. The maximum Gasteiger partial charge on any atom is 0.0236 e. The average Bonchev–Trinajstić information content (AvgIpc) is 2.46. The zero-order chi connectivity index (χ0) is 13.7. The summed E-state index contributed by atoms with van der Waals surface area (Å²) >= 11 is 0. The van der Waals surface area contributed by atoms with Crippen LogP contribution in [0.2, 0.25) is 0 Å². The smallest absolute Gasteiger partial charge is 0.0236 e. The second-order valence-electron chi connectivity index (χ2n) is 5.60. The number of nitrogens with two attached hydrogens (primary N) is 1. The fourth-order valence-electron chi connectivity index (χ4n) is 2.98. The lowest BCUT2D eigenvalue weighted by Crippen LogP contribution is -2.41. The van der Waals surface area contributed by atoms with Crippen LogP contribution in [0.15, 0.2) is 36.9 Å². The molecular weight excluding hydrogens is 232 g/mol. The van der Waals surface area contributed by atoms with Crippen LogP contribution in [-0.4, -0.2) is 30.1 Å². The van der Waals surface area contributed by atoms with Crippen LogP contribution in [0.5, 0.6) is 0 Å². The SMILES string of the molecule is C=C(CN(CC)C1CCC(N)CC1)c1ccccc1. The first-order valence-electron chi connectivity index (χ1n) is 7.43. The quantitative estimate of drug-likeness (QED) is 0.878. The molecular formula is C17H26N2. The molecule has 0 unspecified atom stereocenters. The Morgan fingerprint density at radius 2 is 1.84 bits per heavy atom. The lowest BCUT2D eigenvalue weighted by molar-refractivity contribution is 0.175. The highest BCUT2D eigenvalue weighted by Gasteiger charge is 2.23. The molecule has 1 saturated carbocycles. The Bertz CT molecular complexity index is 391. The van der Waals surface area contributed by atoms with E-state index in [0.717, 1.165) is 13.1 Å². The minimum atomic E-state index is 0.423. The van der Waals surface area contributed by atoms with Gasteiger partial charge in [0.1, 0.15) is 0 Å². The van der Waals surface area contributed by atoms with Gasteiger partial charge in [-0.2, -0.15) is 0 Å². The van der Waals surface area contributed by atoms with Gasteiger partial charge in [-0.1, -0.05) is 43.8 Å². The van der Waals surface area contributed by atoms with Crippen LogP contribution in [0.1, 0.15) is 38.2 Å². The van der Waals surface area contributed by atoms with Crippen LogP contribution >= 0.6 is 0 Å². The highest BCUT2D eigenvalue weighted by molar-refractivity contribution is 5.64. The van der Waals surface area contributed by atoms with Gasteiger partial charge in [0.2, 0.25) is 0 Å². The lowest BCUT2D eigenvalue weighted by atomic mass is 9.90. The van der Waals surface area contributed by atoms with Crippen molar-refractivity contribution in [3.05, 3.63) is 42.5 Å². The van der Waals surface area contributed by atoms with Gasteiger partial charge in [-0.3, -0.25) is 4.90 Å². The molecule has 0 aromatic heterocycles. The summed E-state index contributed by atoms with van der Waals surface area (Å²) in [5.74, 6) is 0. The fourth-order valence-corrected chi connectivity index (χ4v) is 2.98. The van der Waals surface area contributed by atoms with Gasteiger partial charge in [-0.05, 0) is 43.4 Å². The van der Waals surface area contributed by atoms with Crippen molar-refractivity contribution in [1.29, 1.82) is 0 Å². The van der Waals surface area contributed by atoms with Gasteiger partial charge in [0.25, 0.3) is 0 Å². The van der Waals surface area contributed by atoms with Gasteiger partial charge in [0.15, 0.2) is 0 Å². The molecule has 1 aliphatic rings. The Labute approximate surface area is 117 Å². The zero-order valence-electron chi connectivity index (χ0n) is 12.0. The van der Waals surface area contributed by atoms with Crippen molar-refractivity contribution in [3.8, 4) is 0 Å². The molecule has 0 heterocycles. The third-order valence-corrected chi connectivity index (χ3v) is 4.24. The molecule has 0 spiro atoms. The summed E-state index contributed by atoms with van der Waals surface area (Å²) in [6.07, 6.45) is 4.80. The van der Waals surface area contributed by atoms with Gasteiger partial charge in [-0.15, -0.1) is 0 Å². The monoisotopic (exact) mass is 258 g/mol. The Balaban J connectivity index is 1.94. The minimum Gasteiger partial charge on any atom is -0.328 e. The summed E-state index contributed by atoms with van der Waals surface area (Å²) in [5.41, 5.74) is 8.47. The van der Waals surface area contributed by atoms with Crippen LogP contribution in [0.25, 0.3) is 5.57 Å². The van der Waals surface area contributed by atoms with E-state index in [0.29, 0.717) is 12.1 Å². The largest absolute Gasteiger partial charge is 0.328 e. The predicted molar refractivity (Wildman–Crippen MR) is 83.0 cm³/mol. The second-order valence-corrected chi connectivity index (χ2v) is 5.60. The second kappa shape index (κ2) is 6.88. The topological polar surface area (TPSA) is 29.3 Å². The summed E-state index contributed by atoms with van der Waals surface area (Å²) in [5, 5.41) is 0. The van der Waals surface area contributed by atoms with Crippen LogP contribution < -0.4 is 5.73 Å². The first-order chi connectivity index (χ1) is 9.20. The van der Waals surface area contributed by atoms with Crippen molar-refractivity contribution in [2.75, 3.05) is 13.1 Å². The first-order valence-corrected chi connectivity index (χ1v) is 7.43. The predicted octanol–water partition coefficient (Wildman–Crippen LogP) is 3.29. The molecule has 0 radical (unpaired) electrons. The van der Waals surface area contributed by atoms with Crippen LogP contribution in [0.4, 0.5) is 0 Å². The molecule has 2 rings (SSSR count). The van der Waals surface area contributed by atoms with Gasteiger partial charge < -0.3 is 5.73 Å². The van der Waals surface area contributed by atoms with Gasteiger partial charge >= 0.3 is 0 Å². The highest BCUT2D eigenvalue weighted by atomic mass is 15.1. The van der Waals surface area contributed by atoms with Gasteiger partial charge in [0, 0.05) is 18.6 Å². The van der Waals surface area contributed by atoms with Crippen molar-refractivity contribution in [3.63, 3.8) is 0 Å². The van der Waals surface area contributed by atoms with E-state index in [1.54, 1.807) is 0 Å². The molecule has 1 aromatic rings. The van der Waals surface area contributed by atoms with Gasteiger partial charge in [0.05, 0.1) is 0 Å². The van der Waals surface area contributed by atoms with E-state index in [2.05, 4.69) is 48.7 Å². The number of benzene rings is 1. The van der Waals surface area contributed by atoms with Gasteiger partial charge in [-0.25, -0.2) is 0 Å². The number of hydrogen-bond acceptors (Lipinski definition) is 2. The molecule has 0 atom stereocenters. The molecule has 1 fully saturated rings. The molecule has 2 heteroatoms. The Hall–Kier alpha value is -1.12. The summed E-state index contributed by atoms with van der Waals surface area (Å²) in [6.45, 7) is 8.56. The lowest BCUT2D eigenvalue weighted by Gasteiger charge is -2.35. The zero-order valence-corrected chi connectivity index (χ0v) is 12.0. The Kier molecular flexibility index (Phi) is 5.17. The minimum absolute atomic E-state index is 0.423. The molecule has 1 aliphatic carbocycles. The molecule has 0 bridgehead atoms. The molecule has 0 amide bonds. The molecule has 0 aliphatic heterocycles. The third-order valence-electron chi connectivity index (χ3n) is 4.24. The van der Waals surface area contributed by atoms with Crippen molar-refractivity contribution in [1.82, 2.24) is 4.90 Å². The summed E-state index contributed by atoms with van der Waals surface area (Å²) in [4.78, 5) is 2.56. The van der Waals surface area contributed by atoms with E-state index < -0.39 is 0 Å². The van der Waals surface area contributed by atoms with E-state index in [1.165, 1.54) is 36.8 Å². The van der Waals surface area contributed by atoms with E-state index >= 15 is 0 Å². The normalized spacial score (nSPS) is 23.5. The summed E-state index contributed by atoms with van der Waals surface area (Å²) < 4.78 is 0. The van der Waals surface area contributed by atoms with Crippen molar-refractivity contribution < 1.29 is 0 Å². The van der Waals surface area contributed by atoms with E-state index in [-0.39, 0.29) is 0 Å². The third kappa shape index (κ3) is 3.92. The number of nitrogens with zero attached hydrogens (tertiary/aromatic N) is 1. The molecule has 104 valence electrons. The summed E-state index contributed by atoms with van der Waals surface area (Å²) in [6, 6.07) is 11.6. The number of rotatable bonds is 5. The van der Waals surface area contributed by atoms with Crippen LogP contribution in [-0.2, 0) is 0 Å². The molecule has 2 N–H and O–H groups in total. The van der Waals surface area contributed by atoms with Crippen LogP contribution in [0, 0.1) is 0 Å². The maximum atomic E-state index is 5.99. The van der Waals surface area contributed by atoms with Crippen molar-refractivity contribution in [2.24, 2.45) is 5.73 Å². The summed E-state index contributed by atoms with van der Waals surface area (Å²) in [7, 11) is 0. The Morgan fingerprint density at radius 3 is 2.42 bits per heavy atom.